The fourth-order valence-corrected chi connectivity index (χ4v) is 1.65. The minimum atomic E-state index is -3.31. The third kappa shape index (κ3) is 2.95. The van der Waals surface area contributed by atoms with Crippen molar-refractivity contribution in [3.05, 3.63) is 29.8 Å². The maximum atomic E-state index is 11.3. The van der Waals surface area contributed by atoms with Crippen molar-refractivity contribution in [2.75, 3.05) is 7.05 Å². The van der Waals surface area contributed by atoms with Crippen LogP contribution in [0.2, 0.25) is 0 Å². The number of rotatable bonds is 3. The van der Waals surface area contributed by atoms with E-state index in [1.54, 1.807) is 12.1 Å². The average Bonchev–Trinajstić information content (AvgIpc) is 2.18. The van der Waals surface area contributed by atoms with Crippen LogP contribution in [0.1, 0.15) is 5.56 Å². The summed E-state index contributed by atoms with van der Waals surface area (Å²) < 4.78 is 24.8. The van der Waals surface area contributed by atoms with Gasteiger partial charge in [-0.05, 0) is 24.7 Å². The minimum absolute atomic E-state index is 0. The van der Waals surface area contributed by atoms with Crippen LogP contribution in [0.3, 0.4) is 0 Å². The second-order valence-corrected chi connectivity index (χ2v) is 4.44. The molecule has 0 bridgehead atoms. The Labute approximate surface area is 90.0 Å². The Bertz CT molecular complexity index is 375. The van der Waals surface area contributed by atoms with Gasteiger partial charge in [0.2, 0.25) is 10.0 Å². The molecule has 80 valence electrons. The van der Waals surface area contributed by atoms with Crippen LogP contribution in [-0.4, -0.2) is 15.5 Å². The number of nitrogens with two attached hydrogens (primary N) is 1. The first kappa shape index (κ1) is 13.4. The number of nitrogens with one attached hydrogen (secondary N) is 1. The van der Waals surface area contributed by atoms with Gasteiger partial charge in [0.05, 0.1) is 4.90 Å². The maximum Gasteiger partial charge on any atom is 0.240 e. The lowest BCUT2D eigenvalue weighted by Crippen LogP contribution is -2.18. The number of hydrogen-bond acceptors (Lipinski definition) is 3. The van der Waals surface area contributed by atoms with Crippen LogP contribution < -0.4 is 10.5 Å². The summed E-state index contributed by atoms with van der Waals surface area (Å²) in [6.45, 7) is 0.417. The minimum Gasteiger partial charge on any atom is -0.326 e. The second kappa shape index (κ2) is 5.31. The molecule has 1 aromatic carbocycles. The zero-order chi connectivity index (χ0) is 9.90. The molecule has 0 amide bonds. The molecule has 6 heteroatoms. The molecule has 0 spiro atoms. The van der Waals surface area contributed by atoms with Gasteiger partial charge >= 0.3 is 0 Å². The first-order valence-corrected chi connectivity index (χ1v) is 5.31. The van der Waals surface area contributed by atoms with E-state index in [0.717, 1.165) is 5.56 Å². The Kier molecular flexibility index (Phi) is 5.07. The van der Waals surface area contributed by atoms with Crippen LogP contribution in [0.5, 0.6) is 0 Å². The largest absolute Gasteiger partial charge is 0.326 e. The van der Waals surface area contributed by atoms with Gasteiger partial charge < -0.3 is 5.73 Å². The van der Waals surface area contributed by atoms with Gasteiger partial charge in [0, 0.05) is 6.54 Å². The smallest absolute Gasteiger partial charge is 0.240 e. The molecule has 3 N–H and O–H groups in total. The standard InChI is InChI=1S/C8H12N2O2S.ClH/c1-10-13(11,12)8-4-2-7(6-9)3-5-8;/h2-5,10H,6,9H2,1H3;1H. The Morgan fingerprint density at radius 3 is 2.14 bits per heavy atom. The fourth-order valence-electron chi connectivity index (χ4n) is 0.923. The zero-order valence-electron chi connectivity index (χ0n) is 7.73. The van der Waals surface area contributed by atoms with Crippen LogP contribution in [0.25, 0.3) is 0 Å². The molecule has 0 aromatic heterocycles. The molecular formula is C8H13ClN2O2S. The molecule has 0 radical (unpaired) electrons. The van der Waals surface area contributed by atoms with Gasteiger partial charge in [0.15, 0.2) is 0 Å². The highest BCUT2D eigenvalue weighted by Gasteiger charge is 2.09. The molecule has 14 heavy (non-hydrogen) atoms. The van der Waals surface area contributed by atoms with Gasteiger partial charge in [0.1, 0.15) is 0 Å². The van der Waals surface area contributed by atoms with Crippen molar-refractivity contribution >= 4 is 22.4 Å². The molecule has 0 aliphatic carbocycles. The van der Waals surface area contributed by atoms with Gasteiger partial charge in [-0.25, -0.2) is 13.1 Å². The first-order valence-electron chi connectivity index (χ1n) is 3.82. The van der Waals surface area contributed by atoms with Crippen LogP contribution >= 0.6 is 12.4 Å². The highest BCUT2D eigenvalue weighted by atomic mass is 35.5. The molecule has 0 aliphatic rings. The molecule has 0 aliphatic heterocycles. The number of hydrogen-bond donors (Lipinski definition) is 2. The predicted octanol–water partition coefficient (Wildman–Crippen LogP) is 0.475. The molecule has 0 saturated carbocycles. The lowest BCUT2D eigenvalue weighted by molar-refractivity contribution is 0.588. The number of halogens is 1. The highest BCUT2D eigenvalue weighted by Crippen LogP contribution is 2.09. The van der Waals surface area contributed by atoms with Gasteiger partial charge in [-0.2, -0.15) is 0 Å². The van der Waals surface area contributed by atoms with Crippen molar-refractivity contribution < 1.29 is 8.42 Å². The van der Waals surface area contributed by atoms with Gasteiger partial charge in [-0.15, -0.1) is 12.4 Å². The summed E-state index contributed by atoms with van der Waals surface area (Å²) in [4.78, 5) is 0.257. The van der Waals surface area contributed by atoms with E-state index in [-0.39, 0.29) is 17.3 Å². The third-order valence-electron chi connectivity index (χ3n) is 1.74. The third-order valence-corrected chi connectivity index (χ3v) is 3.17. The Hall–Kier alpha value is -0.620. The van der Waals surface area contributed by atoms with Gasteiger partial charge in [-0.1, -0.05) is 12.1 Å². The molecule has 0 unspecified atom stereocenters. The monoisotopic (exact) mass is 236 g/mol. The van der Waals surface area contributed by atoms with E-state index >= 15 is 0 Å². The van der Waals surface area contributed by atoms with Gasteiger partial charge in [-0.3, -0.25) is 0 Å². The summed E-state index contributed by atoms with van der Waals surface area (Å²) in [5.74, 6) is 0. The van der Waals surface area contributed by atoms with Crippen molar-refractivity contribution in [2.24, 2.45) is 5.73 Å². The average molecular weight is 237 g/mol. The molecule has 0 saturated heterocycles. The predicted molar refractivity (Wildman–Crippen MR) is 57.8 cm³/mol. The van der Waals surface area contributed by atoms with Crippen molar-refractivity contribution in [3.8, 4) is 0 Å². The SMILES string of the molecule is CNS(=O)(=O)c1ccc(CN)cc1.Cl. The van der Waals surface area contributed by atoms with Crippen LogP contribution in [0.15, 0.2) is 29.2 Å². The molecule has 4 nitrogen and oxygen atoms in total. The molecule has 1 rings (SSSR count). The summed E-state index contributed by atoms with van der Waals surface area (Å²) in [5.41, 5.74) is 6.29. The summed E-state index contributed by atoms with van der Waals surface area (Å²) in [6.07, 6.45) is 0. The molecule has 1 aromatic rings. The Balaban J connectivity index is 0.00000169. The maximum absolute atomic E-state index is 11.3. The molecule has 0 heterocycles. The lowest BCUT2D eigenvalue weighted by atomic mass is 10.2. The zero-order valence-corrected chi connectivity index (χ0v) is 9.36. The highest BCUT2D eigenvalue weighted by molar-refractivity contribution is 7.89. The number of sulfonamides is 1. The fraction of sp³-hybridized carbons (Fsp3) is 0.250. The van der Waals surface area contributed by atoms with Crippen molar-refractivity contribution in [1.82, 2.24) is 4.72 Å². The van der Waals surface area contributed by atoms with Crippen LogP contribution in [-0.2, 0) is 16.6 Å². The topological polar surface area (TPSA) is 72.2 Å². The Morgan fingerprint density at radius 2 is 1.79 bits per heavy atom. The first-order chi connectivity index (χ1) is 6.10. The molecule has 0 fully saturated rings. The summed E-state index contributed by atoms with van der Waals surface area (Å²) in [6, 6.07) is 6.47. The lowest BCUT2D eigenvalue weighted by Gasteiger charge is -2.02. The van der Waals surface area contributed by atoms with E-state index in [1.165, 1.54) is 19.2 Å². The second-order valence-electron chi connectivity index (χ2n) is 2.56. The summed E-state index contributed by atoms with van der Waals surface area (Å²) >= 11 is 0. The van der Waals surface area contributed by atoms with Crippen molar-refractivity contribution in [3.63, 3.8) is 0 Å². The van der Waals surface area contributed by atoms with E-state index in [1.807, 2.05) is 0 Å². The number of benzene rings is 1. The van der Waals surface area contributed by atoms with E-state index in [0.29, 0.717) is 6.54 Å². The van der Waals surface area contributed by atoms with Crippen LogP contribution in [0, 0.1) is 0 Å². The summed E-state index contributed by atoms with van der Waals surface area (Å²) in [5, 5.41) is 0. The summed E-state index contributed by atoms with van der Waals surface area (Å²) in [7, 11) is -1.93. The van der Waals surface area contributed by atoms with E-state index in [2.05, 4.69) is 4.72 Å². The molecular weight excluding hydrogens is 224 g/mol. The Morgan fingerprint density at radius 1 is 1.29 bits per heavy atom. The quantitative estimate of drug-likeness (QED) is 0.802. The molecule has 0 atom stereocenters. The van der Waals surface area contributed by atoms with E-state index in [9.17, 15) is 8.42 Å². The van der Waals surface area contributed by atoms with Gasteiger partial charge in [0.25, 0.3) is 0 Å². The van der Waals surface area contributed by atoms with E-state index < -0.39 is 10.0 Å². The van der Waals surface area contributed by atoms with E-state index in [4.69, 9.17) is 5.73 Å². The van der Waals surface area contributed by atoms with Crippen LogP contribution in [0.4, 0.5) is 0 Å². The van der Waals surface area contributed by atoms with Crippen molar-refractivity contribution in [1.29, 1.82) is 0 Å². The normalized spacial score (nSPS) is 10.7. The van der Waals surface area contributed by atoms with Crippen molar-refractivity contribution in [2.45, 2.75) is 11.4 Å².